The van der Waals surface area contributed by atoms with Crippen molar-refractivity contribution in [2.24, 2.45) is 10.1 Å². The quantitative estimate of drug-likeness (QED) is 0.459. The molecule has 8 nitrogen and oxygen atoms in total. The van der Waals surface area contributed by atoms with Gasteiger partial charge in [0.15, 0.2) is 12.3 Å². The highest BCUT2D eigenvalue weighted by Crippen LogP contribution is 2.34. The molecule has 0 bridgehead atoms. The molecule has 3 heterocycles. The molecule has 2 amide bonds. The molecule has 0 spiro atoms. The smallest absolute Gasteiger partial charge is 0.279 e. The zero-order chi connectivity index (χ0) is 24.8. The standard InChI is InChI=1S/C27H21N5O3S/c1-16-7-10-18(11-8-16)28-27-32(30-25-19-5-3-4-6-21(19)31(2)26(25)34)22(15-36-27)17-9-12-23-20(13-17)29-24(33)14-35-23/h3-13,15H,14H2,1-2H3,(H,29,33). The first-order chi connectivity index (χ1) is 17.5. The number of ether oxygens (including phenoxy) is 1. The second-order valence-electron chi connectivity index (χ2n) is 8.54. The van der Waals surface area contributed by atoms with E-state index in [9.17, 15) is 9.59 Å². The van der Waals surface area contributed by atoms with Crippen LogP contribution >= 0.6 is 11.3 Å². The van der Waals surface area contributed by atoms with E-state index in [1.807, 2.05) is 79.0 Å². The molecular weight excluding hydrogens is 474 g/mol. The third-order valence-electron chi connectivity index (χ3n) is 6.08. The van der Waals surface area contributed by atoms with Crippen LogP contribution in [0.15, 0.2) is 82.2 Å². The fourth-order valence-corrected chi connectivity index (χ4v) is 5.04. The number of nitrogens with one attached hydrogen (secondary N) is 1. The molecule has 0 atom stereocenters. The van der Waals surface area contributed by atoms with Crippen molar-refractivity contribution in [2.75, 3.05) is 23.9 Å². The number of aromatic nitrogens is 1. The van der Waals surface area contributed by atoms with Crippen LogP contribution in [0.2, 0.25) is 0 Å². The molecule has 178 valence electrons. The zero-order valence-electron chi connectivity index (χ0n) is 19.6. The van der Waals surface area contributed by atoms with Crippen molar-refractivity contribution >= 4 is 45.9 Å². The Bertz CT molecular complexity index is 1630. The van der Waals surface area contributed by atoms with Gasteiger partial charge in [0.1, 0.15) is 5.75 Å². The maximum absolute atomic E-state index is 13.2. The predicted molar refractivity (Wildman–Crippen MR) is 140 cm³/mol. The molecule has 0 saturated heterocycles. The maximum Gasteiger partial charge on any atom is 0.279 e. The van der Waals surface area contributed by atoms with Crippen LogP contribution in [-0.4, -0.2) is 35.9 Å². The number of aryl methyl sites for hydroxylation is 1. The van der Waals surface area contributed by atoms with Crippen molar-refractivity contribution in [3.05, 3.63) is 88.0 Å². The van der Waals surface area contributed by atoms with Gasteiger partial charge in [0.05, 0.1) is 22.8 Å². The highest BCUT2D eigenvalue weighted by molar-refractivity contribution is 7.07. The molecule has 6 rings (SSSR count). The fraction of sp³-hybridized carbons (Fsp3) is 0.111. The number of rotatable bonds is 3. The molecule has 0 fully saturated rings. The first kappa shape index (κ1) is 22.0. The van der Waals surface area contributed by atoms with E-state index in [0.717, 1.165) is 33.8 Å². The van der Waals surface area contributed by atoms with Crippen LogP contribution in [0.3, 0.4) is 0 Å². The minimum absolute atomic E-state index is 0.00688. The second kappa shape index (κ2) is 8.62. The summed E-state index contributed by atoms with van der Waals surface area (Å²) in [5, 5.41) is 9.64. The molecule has 1 N–H and O–H groups in total. The van der Waals surface area contributed by atoms with Gasteiger partial charge >= 0.3 is 0 Å². The van der Waals surface area contributed by atoms with Gasteiger partial charge in [0.2, 0.25) is 4.80 Å². The summed E-state index contributed by atoms with van der Waals surface area (Å²) in [4.78, 5) is 32.1. The number of carbonyl (C=O) groups is 2. The lowest BCUT2D eigenvalue weighted by Crippen LogP contribution is -2.27. The number of para-hydroxylation sites is 1. The molecule has 0 unspecified atom stereocenters. The number of anilines is 2. The molecule has 2 aliphatic rings. The number of hydrogen-bond donors (Lipinski definition) is 1. The molecule has 0 saturated carbocycles. The fourth-order valence-electron chi connectivity index (χ4n) is 4.19. The van der Waals surface area contributed by atoms with Gasteiger partial charge in [-0.2, -0.15) is 5.10 Å². The van der Waals surface area contributed by atoms with Crippen LogP contribution in [0, 0.1) is 6.92 Å². The van der Waals surface area contributed by atoms with E-state index in [-0.39, 0.29) is 18.4 Å². The molecule has 1 aromatic heterocycles. The predicted octanol–water partition coefficient (Wildman–Crippen LogP) is 4.32. The van der Waals surface area contributed by atoms with Crippen molar-refractivity contribution in [2.45, 2.75) is 6.92 Å². The van der Waals surface area contributed by atoms with Crippen LogP contribution < -0.4 is 19.8 Å². The van der Waals surface area contributed by atoms with E-state index in [4.69, 9.17) is 14.8 Å². The Morgan fingerprint density at radius 2 is 1.83 bits per heavy atom. The van der Waals surface area contributed by atoms with Gasteiger partial charge in [-0.1, -0.05) is 35.9 Å². The number of likely N-dealkylation sites (N-methyl/N-ethyl adjacent to an activating group) is 1. The molecule has 3 aromatic carbocycles. The van der Waals surface area contributed by atoms with E-state index in [0.29, 0.717) is 21.9 Å². The van der Waals surface area contributed by atoms with Gasteiger partial charge in [-0.3, -0.25) is 9.59 Å². The number of hydrogen-bond acceptors (Lipinski definition) is 6. The summed E-state index contributed by atoms with van der Waals surface area (Å²) in [6, 6.07) is 21.0. The Labute approximate surface area is 210 Å². The maximum atomic E-state index is 13.2. The van der Waals surface area contributed by atoms with E-state index < -0.39 is 0 Å². The Morgan fingerprint density at radius 1 is 1.03 bits per heavy atom. The average Bonchev–Trinajstić information content (AvgIpc) is 3.39. The molecule has 2 aliphatic heterocycles. The largest absolute Gasteiger partial charge is 0.482 e. The van der Waals surface area contributed by atoms with Crippen LogP contribution in [0.25, 0.3) is 11.3 Å². The average molecular weight is 496 g/mol. The lowest BCUT2D eigenvalue weighted by molar-refractivity contribution is -0.118. The van der Waals surface area contributed by atoms with Crippen molar-refractivity contribution < 1.29 is 14.3 Å². The number of thiazole rings is 1. The first-order valence-corrected chi connectivity index (χ1v) is 12.2. The molecule has 4 aromatic rings. The Morgan fingerprint density at radius 3 is 2.67 bits per heavy atom. The summed E-state index contributed by atoms with van der Waals surface area (Å²) in [6.45, 7) is 2.02. The highest BCUT2D eigenvalue weighted by atomic mass is 32.1. The normalized spacial score (nSPS) is 16.1. The highest BCUT2D eigenvalue weighted by Gasteiger charge is 2.31. The van der Waals surface area contributed by atoms with Crippen LogP contribution in [-0.2, 0) is 9.59 Å². The topological polar surface area (TPSA) is 88.3 Å². The summed E-state index contributed by atoms with van der Waals surface area (Å²) in [6.07, 6.45) is 0. The van der Waals surface area contributed by atoms with Crippen LogP contribution in [0.4, 0.5) is 17.1 Å². The Balaban J connectivity index is 1.55. The summed E-state index contributed by atoms with van der Waals surface area (Å²) >= 11 is 1.42. The molecule has 0 aliphatic carbocycles. The minimum Gasteiger partial charge on any atom is -0.482 e. The van der Waals surface area contributed by atoms with Crippen molar-refractivity contribution in [1.82, 2.24) is 4.68 Å². The van der Waals surface area contributed by atoms with Gasteiger partial charge in [-0.05, 0) is 43.3 Å². The molecule has 9 heteroatoms. The molecular formula is C27H21N5O3S. The van der Waals surface area contributed by atoms with Gasteiger partial charge in [-0.25, -0.2) is 9.67 Å². The third kappa shape index (κ3) is 3.79. The lowest BCUT2D eigenvalue weighted by atomic mass is 10.1. The Kier molecular flexibility index (Phi) is 5.26. The van der Waals surface area contributed by atoms with Crippen molar-refractivity contribution in [1.29, 1.82) is 0 Å². The second-order valence-corrected chi connectivity index (χ2v) is 9.38. The molecule has 36 heavy (non-hydrogen) atoms. The number of amides is 2. The van der Waals surface area contributed by atoms with Crippen molar-refractivity contribution in [3.8, 4) is 17.0 Å². The summed E-state index contributed by atoms with van der Waals surface area (Å²) < 4.78 is 7.21. The van der Waals surface area contributed by atoms with Crippen LogP contribution in [0.5, 0.6) is 5.75 Å². The minimum atomic E-state index is -0.204. The van der Waals surface area contributed by atoms with Gasteiger partial charge < -0.3 is 15.0 Å². The number of benzene rings is 3. The van der Waals surface area contributed by atoms with E-state index in [1.165, 1.54) is 11.3 Å². The van der Waals surface area contributed by atoms with Crippen molar-refractivity contribution in [3.63, 3.8) is 0 Å². The molecule has 0 radical (unpaired) electrons. The monoisotopic (exact) mass is 495 g/mol. The summed E-state index contributed by atoms with van der Waals surface area (Å²) in [7, 11) is 1.74. The first-order valence-electron chi connectivity index (χ1n) is 11.3. The van der Waals surface area contributed by atoms with Gasteiger partial charge in [0, 0.05) is 23.6 Å². The van der Waals surface area contributed by atoms with E-state index in [2.05, 4.69) is 5.32 Å². The zero-order valence-corrected chi connectivity index (χ0v) is 20.4. The number of nitrogens with zero attached hydrogens (tertiary/aromatic N) is 4. The van der Waals surface area contributed by atoms with Gasteiger partial charge in [-0.15, -0.1) is 11.3 Å². The summed E-state index contributed by atoms with van der Waals surface area (Å²) in [5.74, 6) is 0.218. The lowest BCUT2D eigenvalue weighted by Gasteiger charge is -2.18. The number of fused-ring (bicyclic) bond motifs is 2. The Hall–Kier alpha value is -4.50. The summed E-state index contributed by atoms with van der Waals surface area (Å²) in [5.41, 5.74) is 5.97. The number of carbonyl (C=O) groups excluding carboxylic acids is 2. The van der Waals surface area contributed by atoms with E-state index in [1.54, 1.807) is 16.6 Å². The van der Waals surface area contributed by atoms with Gasteiger partial charge in [0.25, 0.3) is 11.8 Å². The SMILES string of the molecule is Cc1ccc(N=c2scc(-c3ccc4c(c3)NC(=O)CO4)n2N=C2C(=O)N(C)c3ccccc32)cc1. The third-order valence-corrected chi connectivity index (χ3v) is 6.90. The van der Waals surface area contributed by atoms with E-state index >= 15 is 0 Å². The van der Waals surface area contributed by atoms with Crippen LogP contribution in [0.1, 0.15) is 11.1 Å².